The van der Waals surface area contributed by atoms with Gasteiger partial charge in [0, 0.05) is 5.41 Å². The molecule has 0 aromatic heterocycles. The van der Waals surface area contributed by atoms with Crippen LogP contribution < -0.4 is 10.5 Å². The number of hydrogen-bond acceptors (Lipinski definition) is 3. The van der Waals surface area contributed by atoms with Gasteiger partial charge in [0.25, 0.3) is 0 Å². The molecule has 4 heteroatoms. The van der Waals surface area contributed by atoms with Crippen molar-refractivity contribution in [2.24, 2.45) is 5.73 Å². The van der Waals surface area contributed by atoms with Crippen LogP contribution in [0.25, 0.3) is 0 Å². The number of rotatable bonds is 4. The summed E-state index contributed by atoms with van der Waals surface area (Å²) in [5, 5.41) is 9.02. The Balaban J connectivity index is 3.19. The van der Waals surface area contributed by atoms with Gasteiger partial charge in [-0.05, 0) is 30.2 Å². The zero-order valence-electron chi connectivity index (χ0n) is 10.7. The summed E-state index contributed by atoms with van der Waals surface area (Å²) < 4.78 is 5.12. The monoisotopic (exact) mass is 237 g/mol. The molecule has 1 rings (SSSR count). The van der Waals surface area contributed by atoms with Gasteiger partial charge in [-0.2, -0.15) is 0 Å². The molecule has 4 nitrogen and oxygen atoms in total. The summed E-state index contributed by atoms with van der Waals surface area (Å²) in [7, 11) is 1.60. The Kier molecular flexibility index (Phi) is 3.78. The first-order chi connectivity index (χ1) is 7.80. The molecule has 0 aliphatic heterocycles. The lowest BCUT2D eigenvalue weighted by Gasteiger charge is -2.30. The third-order valence-corrected chi connectivity index (χ3v) is 3.17. The normalized spacial score (nSPS) is 13.2. The van der Waals surface area contributed by atoms with Crippen LogP contribution in [0.4, 0.5) is 0 Å². The van der Waals surface area contributed by atoms with Crippen LogP contribution in [0.3, 0.4) is 0 Å². The van der Waals surface area contributed by atoms with Gasteiger partial charge in [0.05, 0.1) is 7.11 Å². The van der Waals surface area contributed by atoms with Crippen molar-refractivity contribution in [3.05, 3.63) is 29.3 Å². The first kappa shape index (κ1) is 13.5. The lowest BCUT2D eigenvalue weighted by Crippen LogP contribution is -2.47. The predicted molar refractivity (Wildman–Crippen MR) is 66.4 cm³/mol. The number of carbonyl (C=O) groups is 1. The number of aliphatic carboxylic acids is 1. The molecule has 1 atom stereocenters. The maximum absolute atomic E-state index is 11.0. The number of aryl methyl sites for hydroxylation is 1. The molecule has 0 aliphatic rings. The molecule has 1 aromatic rings. The van der Waals surface area contributed by atoms with E-state index < -0.39 is 17.4 Å². The number of ether oxygens (including phenoxy) is 1. The largest absolute Gasteiger partial charge is 0.497 e. The minimum absolute atomic E-state index is 0.623. The number of carboxylic acid groups (broad SMARTS) is 1. The maximum atomic E-state index is 11.0. The SMILES string of the molecule is COc1ccc(C(C)(C)C(N)C(=O)O)c(C)c1. The summed E-state index contributed by atoms with van der Waals surface area (Å²) in [5.41, 5.74) is 7.01. The van der Waals surface area contributed by atoms with Crippen molar-refractivity contribution < 1.29 is 14.6 Å². The van der Waals surface area contributed by atoms with E-state index in [0.29, 0.717) is 0 Å². The lowest BCUT2D eigenvalue weighted by atomic mass is 9.76. The lowest BCUT2D eigenvalue weighted by molar-refractivity contribution is -0.140. The predicted octanol–water partition coefficient (Wildman–Crippen LogP) is 1.69. The molecule has 0 heterocycles. The molecular formula is C13H19NO3. The van der Waals surface area contributed by atoms with E-state index in [1.165, 1.54) is 0 Å². The van der Waals surface area contributed by atoms with Gasteiger partial charge < -0.3 is 15.6 Å². The van der Waals surface area contributed by atoms with Crippen molar-refractivity contribution >= 4 is 5.97 Å². The van der Waals surface area contributed by atoms with Crippen LogP contribution >= 0.6 is 0 Å². The molecule has 0 aliphatic carbocycles. The average molecular weight is 237 g/mol. The van der Waals surface area contributed by atoms with Gasteiger partial charge in [-0.1, -0.05) is 19.9 Å². The Morgan fingerprint density at radius 2 is 2.06 bits per heavy atom. The van der Waals surface area contributed by atoms with E-state index in [0.717, 1.165) is 16.9 Å². The third kappa shape index (κ3) is 2.58. The molecule has 0 fully saturated rings. The molecule has 0 saturated heterocycles. The maximum Gasteiger partial charge on any atom is 0.321 e. The summed E-state index contributed by atoms with van der Waals surface area (Å²) in [4.78, 5) is 11.0. The van der Waals surface area contributed by atoms with Crippen LogP contribution in [-0.2, 0) is 10.2 Å². The molecule has 0 amide bonds. The van der Waals surface area contributed by atoms with Crippen molar-refractivity contribution in [1.82, 2.24) is 0 Å². The Bertz CT molecular complexity index is 427. The molecule has 94 valence electrons. The molecule has 0 spiro atoms. The Labute approximate surface area is 101 Å². The van der Waals surface area contributed by atoms with Gasteiger partial charge >= 0.3 is 5.97 Å². The highest BCUT2D eigenvalue weighted by molar-refractivity contribution is 5.75. The van der Waals surface area contributed by atoms with Gasteiger partial charge in [0.2, 0.25) is 0 Å². The van der Waals surface area contributed by atoms with Gasteiger partial charge in [0.15, 0.2) is 0 Å². The Morgan fingerprint density at radius 3 is 2.47 bits per heavy atom. The molecule has 3 N–H and O–H groups in total. The highest BCUT2D eigenvalue weighted by atomic mass is 16.5. The number of methoxy groups -OCH3 is 1. The van der Waals surface area contributed by atoms with Crippen molar-refractivity contribution in [2.75, 3.05) is 7.11 Å². The van der Waals surface area contributed by atoms with E-state index in [2.05, 4.69) is 0 Å². The number of nitrogens with two attached hydrogens (primary N) is 1. The zero-order valence-corrected chi connectivity index (χ0v) is 10.7. The highest BCUT2D eigenvalue weighted by Crippen LogP contribution is 2.31. The number of benzene rings is 1. The summed E-state index contributed by atoms with van der Waals surface area (Å²) in [6.45, 7) is 5.59. The first-order valence-corrected chi connectivity index (χ1v) is 5.44. The minimum atomic E-state index is -0.995. The van der Waals surface area contributed by atoms with E-state index in [9.17, 15) is 4.79 Å². The molecule has 0 saturated carbocycles. The molecule has 17 heavy (non-hydrogen) atoms. The third-order valence-electron chi connectivity index (χ3n) is 3.17. The van der Waals surface area contributed by atoms with Crippen LogP contribution in [0, 0.1) is 6.92 Å². The van der Waals surface area contributed by atoms with Crippen LogP contribution in [0.1, 0.15) is 25.0 Å². The van der Waals surface area contributed by atoms with E-state index >= 15 is 0 Å². The Morgan fingerprint density at radius 1 is 1.47 bits per heavy atom. The summed E-state index contributed by atoms with van der Waals surface area (Å²) >= 11 is 0. The summed E-state index contributed by atoms with van der Waals surface area (Å²) in [6.07, 6.45) is 0. The smallest absolute Gasteiger partial charge is 0.321 e. The second-order valence-electron chi connectivity index (χ2n) is 4.72. The molecule has 1 unspecified atom stereocenters. The van der Waals surface area contributed by atoms with Crippen molar-refractivity contribution in [1.29, 1.82) is 0 Å². The van der Waals surface area contributed by atoms with E-state index in [1.54, 1.807) is 7.11 Å². The molecule has 1 aromatic carbocycles. The molecule has 0 bridgehead atoms. The van der Waals surface area contributed by atoms with Crippen LogP contribution in [0.15, 0.2) is 18.2 Å². The van der Waals surface area contributed by atoms with Gasteiger partial charge in [0.1, 0.15) is 11.8 Å². The molecular weight excluding hydrogens is 218 g/mol. The van der Waals surface area contributed by atoms with Crippen LogP contribution in [0.2, 0.25) is 0 Å². The van der Waals surface area contributed by atoms with E-state index in [4.69, 9.17) is 15.6 Å². The standard InChI is InChI=1S/C13H19NO3/c1-8-7-9(17-4)5-6-10(8)13(2,3)11(14)12(15)16/h5-7,11H,14H2,1-4H3,(H,15,16). The van der Waals surface area contributed by atoms with Gasteiger partial charge in [-0.25, -0.2) is 0 Å². The van der Waals surface area contributed by atoms with Crippen LogP contribution in [-0.4, -0.2) is 24.2 Å². The van der Waals surface area contributed by atoms with E-state index in [-0.39, 0.29) is 0 Å². The minimum Gasteiger partial charge on any atom is -0.497 e. The van der Waals surface area contributed by atoms with Crippen LogP contribution in [0.5, 0.6) is 5.75 Å². The van der Waals surface area contributed by atoms with Crippen molar-refractivity contribution in [3.63, 3.8) is 0 Å². The fraction of sp³-hybridized carbons (Fsp3) is 0.462. The van der Waals surface area contributed by atoms with Crippen molar-refractivity contribution in [3.8, 4) is 5.75 Å². The van der Waals surface area contributed by atoms with Crippen molar-refractivity contribution in [2.45, 2.75) is 32.2 Å². The number of hydrogen-bond donors (Lipinski definition) is 2. The van der Waals surface area contributed by atoms with Gasteiger partial charge in [-0.15, -0.1) is 0 Å². The first-order valence-electron chi connectivity index (χ1n) is 5.44. The topological polar surface area (TPSA) is 72.5 Å². The highest BCUT2D eigenvalue weighted by Gasteiger charge is 2.34. The Hall–Kier alpha value is -1.55. The summed E-state index contributed by atoms with van der Waals surface area (Å²) in [6, 6.07) is 4.64. The van der Waals surface area contributed by atoms with E-state index in [1.807, 2.05) is 39.0 Å². The second-order valence-corrected chi connectivity index (χ2v) is 4.72. The second kappa shape index (κ2) is 4.75. The fourth-order valence-electron chi connectivity index (χ4n) is 1.96. The summed E-state index contributed by atoms with van der Waals surface area (Å²) in [5.74, 6) is -0.240. The quantitative estimate of drug-likeness (QED) is 0.836. The fourth-order valence-corrected chi connectivity index (χ4v) is 1.96. The van der Waals surface area contributed by atoms with Gasteiger partial charge in [-0.3, -0.25) is 4.79 Å². The molecule has 0 radical (unpaired) electrons. The zero-order chi connectivity index (χ0) is 13.2. The number of carboxylic acids is 1. The average Bonchev–Trinajstić information content (AvgIpc) is 2.27.